The molecule has 1 aromatic carbocycles. The van der Waals surface area contributed by atoms with Gasteiger partial charge in [-0.2, -0.15) is 18.4 Å². The van der Waals surface area contributed by atoms with Crippen LogP contribution in [-0.2, 0) is 21.0 Å². The van der Waals surface area contributed by atoms with Gasteiger partial charge in [-0.25, -0.2) is 12.7 Å². The fraction of sp³-hybridized carbons (Fsp3) is 0.500. The number of rotatable bonds is 4. The van der Waals surface area contributed by atoms with E-state index in [2.05, 4.69) is 0 Å². The maximum absolute atomic E-state index is 13.1. The maximum Gasteiger partial charge on any atom is 0.417 e. The molecule has 1 aliphatic heterocycles. The van der Waals surface area contributed by atoms with Crippen molar-refractivity contribution in [2.75, 3.05) is 12.3 Å². The summed E-state index contributed by atoms with van der Waals surface area (Å²) < 4.78 is 69.4. The van der Waals surface area contributed by atoms with Crippen molar-refractivity contribution in [3.05, 3.63) is 29.3 Å². The number of alkyl halides is 3. The Morgan fingerprint density at radius 3 is 2.50 bits per heavy atom. The van der Waals surface area contributed by atoms with Gasteiger partial charge in [-0.1, -0.05) is 13.8 Å². The molecule has 1 unspecified atom stereocenters. The van der Waals surface area contributed by atoms with Gasteiger partial charge in [0.2, 0.25) is 10.0 Å². The summed E-state index contributed by atoms with van der Waals surface area (Å²) in [5, 5.41) is 8.82. The molecule has 10 heteroatoms. The quantitative estimate of drug-likeness (QED) is 0.788. The lowest BCUT2D eigenvalue weighted by molar-refractivity contribution is -0.137. The Kier molecular flexibility index (Phi) is 4.98. The van der Waals surface area contributed by atoms with E-state index in [-0.39, 0.29) is 18.0 Å². The Morgan fingerprint density at radius 2 is 2.00 bits per heavy atom. The molecule has 0 aliphatic carbocycles. The zero-order valence-electron chi connectivity index (χ0n) is 14.3. The van der Waals surface area contributed by atoms with Gasteiger partial charge in [0.05, 0.1) is 22.9 Å². The first kappa shape index (κ1) is 20.0. The van der Waals surface area contributed by atoms with Crippen LogP contribution in [0.4, 0.5) is 13.2 Å². The van der Waals surface area contributed by atoms with Crippen molar-refractivity contribution < 1.29 is 31.1 Å². The summed E-state index contributed by atoms with van der Waals surface area (Å²) in [6.45, 7) is 4.44. The van der Waals surface area contributed by atoms with E-state index in [9.17, 15) is 26.4 Å². The van der Waals surface area contributed by atoms with Crippen LogP contribution in [0.25, 0.3) is 0 Å². The number of halogens is 3. The van der Waals surface area contributed by atoms with Crippen LogP contribution in [-0.4, -0.2) is 37.0 Å². The van der Waals surface area contributed by atoms with E-state index in [1.807, 2.05) is 0 Å². The molecule has 0 bridgehead atoms. The van der Waals surface area contributed by atoms with Gasteiger partial charge in [-0.05, 0) is 25.1 Å². The number of benzene rings is 1. The van der Waals surface area contributed by atoms with Crippen molar-refractivity contribution in [1.29, 1.82) is 5.26 Å². The van der Waals surface area contributed by atoms with Crippen LogP contribution in [0.1, 0.15) is 31.9 Å². The molecule has 1 aliphatic rings. The van der Waals surface area contributed by atoms with Crippen LogP contribution in [0.15, 0.2) is 18.2 Å². The molecule has 1 amide bonds. The Labute approximate surface area is 149 Å². The Hall–Kier alpha value is -2.28. The van der Waals surface area contributed by atoms with Gasteiger partial charge >= 0.3 is 6.18 Å². The summed E-state index contributed by atoms with van der Waals surface area (Å²) in [5.41, 5.74) is -2.69. The van der Waals surface area contributed by atoms with E-state index in [0.717, 1.165) is 12.1 Å². The summed E-state index contributed by atoms with van der Waals surface area (Å²) in [7, 11) is -3.80. The molecule has 1 aromatic rings. The number of hydrogen-bond acceptors (Lipinski definition) is 5. The molecule has 1 saturated heterocycles. The minimum absolute atomic E-state index is 0.130. The maximum atomic E-state index is 13.1. The molecule has 0 saturated carbocycles. The molecule has 142 valence electrons. The third-order valence-corrected chi connectivity index (χ3v) is 5.81. The number of nitrogens with zero attached hydrogens (tertiary/aromatic N) is 2. The average molecular weight is 390 g/mol. The number of amides is 1. The normalized spacial score (nSPS) is 20.1. The van der Waals surface area contributed by atoms with Gasteiger partial charge in [0, 0.05) is 12.0 Å². The van der Waals surface area contributed by atoms with Crippen molar-refractivity contribution in [2.24, 2.45) is 5.41 Å². The minimum atomic E-state index is -4.77. The highest BCUT2D eigenvalue weighted by atomic mass is 32.2. The highest BCUT2D eigenvalue weighted by Crippen LogP contribution is 2.38. The summed E-state index contributed by atoms with van der Waals surface area (Å²) in [4.78, 5) is 12.5. The van der Waals surface area contributed by atoms with Crippen LogP contribution >= 0.6 is 0 Å². The van der Waals surface area contributed by atoms with Crippen LogP contribution < -0.4 is 4.74 Å². The molecule has 1 fully saturated rings. The van der Waals surface area contributed by atoms with Crippen LogP contribution in [0, 0.1) is 16.7 Å². The molecule has 0 spiro atoms. The molecule has 0 aromatic heterocycles. The van der Waals surface area contributed by atoms with Gasteiger partial charge in [-0.3, -0.25) is 4.79 Å². The number of ether oxygens (including phenoxy) is 1. The van der Waals surface area contributed by atoms with Crippen molar-refractivity contribution in [3.63, 3.8) is 0 Å². The molecule has 1 atom stereocenters. The van der Waals surface area contributed by atoms with Crippen molar-refractivity contribution in [3.8, 4) is 11.8 Å². The lowest BCUT2D eigenvalue weighted by atomic mass is 9.89. The topological polar surface area (TPSA) is 87.5 Å². The van der Waals surface area contributed by atoms with Crippen LogP contribution in [0.3, 0.4) is 0 Å². The van der Waals surface area contributed by atoms with Crippen molar-refractivity contribution in [2.45, 2.75) is 33.1 Å². The van der Waals surface area contributed by atoms with Crippen molar-refractivity contribution in [1.82, 2.24) is 4.31 Å². The first-order chi connectivity index (χ1) is 11.8. The summed E-state index contributed by atoms with van der Waals surface area (Å²) in [6, 6.07) is 4.19. The average Bonchev–Trinajstić information content (AvgIpc) is 2.78. The lowest BCUT2D eigenvalue weighted by Crippen LogP contribution is -2.38. The number of carbonyl (C=O) groups excluding carboxylic acids is 1. The molecule has 0 N–H and O–H groups in total. The predicted molar refractivity (Wildman–Crippen MR) is 85.5 cm³/mol. The van der Waals surface area contributed by atoms with E-state index in [0.29, 0.717) is 10.4 Å². The largest absolute Gasteiger partial charge is 0.480 e. The second kappa shape index (κ2) is 6.46. The molecule has 1 heterocycles. The standard InChI is InChI=1S/C16H17F3N2O4S/c1-4-26(23,24)21-9-15(2,3)13(14(21)22)25-11-6-5-10(8-20)12(7-11)16(17,18)19/h5-7,13H,4,9H2,1-3H3. The van der Waals surface area contributed by atoms with E-state index in [4.69, 9.17) is 10.00 Å². The molecular formula is C16H17F3N2O4S. The molecule has 26 heavy (non-hydrogen) atoms. The van der Waals surface area contributed by atoms with E-state index >= 15 is 0 Å². The highest BCUT2D eigenvalue weighted by Gasteiger charge is 2.52. The zero-order valence-corrected chi connectivity index (χ0v) is 15.1. The van der Waals surface area contributed by atoms with Gasteiger partial charge in [0.1, 0.15) is 5.75 Å². The number of nitriles is 1. The van der Waals surface area contributed by atoms with E-state index in [1.54, 1.807) is 13.8 Å². The van der Waals surface area contributed by atoms with Crippen LogP contribution in [0.2, 0.25) is 0 Å². The molecular weight excluding hydrogens is 373 g/mol. The first-order valence-corrected chi connectivity index (χ1v) is 9.26. The van der Waals surface area contributed by atoms with E-state index in [1.165, 1.54) is 13.0 Å². The fourth-order valence-corrected chi connectivity index (χ4v) is 3.87. The predicted octanol–water partition coefficient (Wildman–Crippen LogP) is 2.54. The van der Waals surface area contributed by atoms with E-state index < -0.39 is 44.8 Å². The molecule has 6 nitrogen and oxygen atoms in total. The van der Waals surface area contributed by atoms with Gasteiger partial charge in [0.15, 0.2) is 6.10 Å². The molecule has 2 rings (SSSR count). The minimum Gasteiger partial charge on any atom is -0.480 e. The summed E-state index contributed by atoms with van der Waals surface area (Å²) in [6.07, 6.45) is -6.03. The Morgan fingerprint density at radius 1 is 1.38 bits per heavy atom. The van der Waals surface area contributed by atoms with Crippen LogP contribution in [0.5, 0.6) is 5.75 Å². The first-order valence-electron chi connectivity index (χ1n) is 7.65. The third-order valence-electron chi connectivity index (χ3n) is 4.10. The second-order valence-electron chi connectivity index (χ2n) is 6.55. The SMILES string of the molecule is CCS(=O)(=O)N1CC(C)(C)C(Oc2ccc(C#N)c(C(F)(F)F)c2)C1=O. The third kappa shape index (κ3) is 3.62. The van der Waals surface area contributed by atoms with Gasteiger partial charge in [-0.15, -0.1) is 0 Å². The summed E-state index contributed by atoms with van der Waals surface area (Å²) in [5.74, 6) is -1.37. The Bertz CT molecular complexity index is 872. The highest BCUT2D eigenvalue weighted by molar-refractivity contribution is 7.89. The Balaban J connectivity index is 2.39. The lowest BCUT2D eigenvalue weighted by Gasteiger charge is -2.24. The monoisotopic (exact) mass is 390 g/mol. The zero-order chi connectivity index (χ0) is 19.9. The fourth-order valence-electron chi connectivity index (χ4n) is 2.66. The van der Waals surface area contributed by atoms with Gasteiger partial charge in [0.25, 0.3) is 5.91 Å². The number of sulfonamides is 1. The second-order valence-corrected chi connectivity index (χ2v) is 8.73. The molecule has 0 radical (unpaired) electrons. The number of hydrogen-bond donors (Lipinski definition) is 0. The van der Waals surface area contributed by atoms with Gasteiger partial charge < -0.3 is 4.74 Å². The smallest absolute Gasteiger partial charge is 0.417 e. The summed E-state index contributed by atoms with van der Waals surface area (Å²) >= 11 is 0. The number of carbonyl (C=O) groups is 1. The van der Waals surface area contributed by atoms with Crippen molar-refractivity contribution >= 4 is 15.9 Å².